The van der Waals surface area contributed by atoms with Crippen molar-refractivity contribution in [2.24, 2.45) is 0 Å². The molecule has 54 heavy (non-hydrogen) atoms. The highest BCUT2D eigenvalue weighted by Crippen LogP contribution is 2.51. The quantitative estimate of drug-likeness (QED) is 0.172. The molecule has 0 unspecified atom stereocenters. The van der Waals surface area contributed by atoms with Crippen LogP contribution < -0.4 is 0 Å². The molecule has 0 amide bonds. The molecule has 0 aliphatic carbocycles. The molecule has 12 aromatic rings. The average Bonchev–Trinajstić information content (AvgIpc) is 3.80. The zero-order chi connectivity index (χ0) is 35.3. The van der Waals surface area contributed by atoms with Crippen LogP contribution in [0, 0.1) is 0 Å². The van der Waals surface area contributed by atoms with Gasteiger partial charge in [0.25, 0.3) is 0 Å². The molecular weight excluding hydrogens is 675 g/mol. The van der Waals surface area contributed by atoms with Crippen LogP contribution in [0.2, 0.25) is 0 Å². The van der Waals surface area contributed by atoms with Gasteiger partial charge in [-0.3, -0.25) is 9.55 Å². The van der Waals surface area contributed by atoms with Crippen molar-refractivity contribution in [1.29, 1.82) is 0 Å². The zero-order valence-corrected chi connectivity index (χ0v) is 29.8. The summed E-state index contributed by atoms with van der Waals surface area (Å²) in [6.45, 7) is 0. The summed E-state index contributed by atoms with van der Waals surface area (Å²) < 4.78 is 4.99. The van der Waals surface area contributed by atoms with Crippen molar-refractivity contribution in [3.63, 3.8) is 0 Å². The molecule has 0 spiro atoms. The first-order valence-corrected chi connectivity index (χ1v) is 19.1. The molecule has 12 rings (SSSR count). The molecule has 4 aromatic heterocycles. The van der Waals surface area contributed by atoms with Crippen LogP contribution in [0.4, 0.5) is 0 Å². The SMILES string of the molecule is c1ccc(-c2cccc(-c3cc(-n4c5ccccc5c5c6c7ccccc7c7ccccc7c6c6c7ccccc7sc6c54)nc4cnccc34)c2)cc1. The summed E-state index contributed by atoms with van der Waals surface area (Å²) in [5, 5.41) is 13.9. The summed E-state index contributed by atoms with van der Waals surface area (Å²) in [6, 6.07) is 59.5. The fraction of sp³-hybridized carbons (Fsp3) is 0. The Balaban J connectivity index is 1.30. The Bertz CT molecular complexity index is 3500. The Morgan fingerprint density at radius 2 is 1.07 bits per heavy atom. The Kier molecular flexibility index (Phi) is 6.21. The minimum atomic E-state index is 0.867. The molecule has 0 saturated heterocycles. The van der Waals surface area contributed by atoms with Crippen LogP contribution in [0.1, 0.15) is 0 Å². The number of para-hydroxylation sites is 1. The largest absolute Gasteiger partial charge is 0.292 e. The van der Waals surface area contributed by atoms with E-state index in [-0.39, 0.29) is 0 Å². The van der Waals surface area contributed by atoms with E-state index in [1.165, 1.54) is 79.9 Å². The van der Waals surface area contributed by atoms with E-state index in [9.17, 15) is 0 Å². The molecular formula is C50H29N3S. The van der Waals surface area contributed by atoms with Crippen molar-refractivity contribution in [1.82, 2.24) is 14.5 Å². The molecule has 250 valence electrons. The van der Waals surface area contributed by atoms with Gasteiger partial charge in [0, 0.05) is 48.6 Å². The minimum Gasteiger partial charge on any atom is -0.292 e. The summed E-state index contributed by atoms with van der Waals surface area (Å²) in [4.78, 5) is 10.0. The van der Waals surface area contributed by atoms with Crippen LogP contribution in [0.3, 0.4) is 0 Å². The van der Waals surface area contributed by atoms with Gasteiger partial charge in [-0.25, -0.2) is 4.98 Å². The number of aromatic nitrogens is 3. The van der Waals surface area contributed by atoms with E-state index in [0.29, 0.717) is 0 Å². The van der Waals surface area contributed by atoms with Crippen LogP contribution in [-0.4, -0.2) is 14.5 Å². The van der Waals surface area contributed by atoms with Gasteiger partial charge < -0.3 is 0 Å². The molecule has 8 aromatic carbocycles. The topological polar surface area (TPSA) is 30.7 Å². The second kappa shape index (κ2) is 11.3. The van der Waals surface area contributed by atoms with Gasteiger partial charge in [0.1, 0.15) is 5.82 Å². The van der Waals surface area contributed by atoms with Gasteiger partial charge in [0.05, 0.1) is 27.4 Å². The normalized spacial score (nSPS) is 12.1. The molecule has 3 nitrogen and oxygen atoms in total. The minimum absolute atomic E-state index is 0.867. The van der Waals surface area contributed by atoms with Crippen LogP contribution in [0.25, 0.3) is 113 Å². The first-order valence-electron chi connectivity index (χ1n) is 18.3. The van der Waals surface area contributed by atoms with Crippen molar-refractivity contribution in [2.45, 2.75) is 0 Å². The van der Waals surface area contributed by atoms with Crippen molar-refractivity contribution in [3.05, 3.63) is 176 Å². The molecule has 0 N–H and O–H groups in total. The molecule has 0 bridgehead atoms. The maximum absolute atomic E-state index is 5.44. The number of pyridine rings is 2. The van der Waals surface area contributed by atoms with Crippen molar-refractivity contribution in [3.8, 4) is 28.1 Å². The highest BCUT2D eigenvalue weighted by atomic mass is 32.1. The van der Waals surface area contributed by atoms with E-state index >= 15 is 0 Å². The monoisotopic (exact) mass is 703 g/mol. The lowest BCUT2D eigenvalue weighted by Crippen LogP contribution is -2.00. The lowest BCUT2D eigenvalue weighted by molar-refractivity contribution is 1.10. The number of nitrogens with zero attached hydrogens (tertiary/aromatic N) is 3. The van der Waals surface area contributed by atoms with Gasteiger partial charge in [-0.2, -0.15) is 0 Å². The van der Waals surface area contributed by atoms with Gasteiger partial charge >= 0.3 is 0 Å². The molecule has 0 radical (unpaired) electrons. The highest BCUT2D eigenvalue weighted by Gasteiger charge is 2.25. The van der Waals surface area contributed by atoms with E-state index in [0.717, 1.165) is 33.4 Å². The molecule has 0 saturated carbocycles. The van der Waals surface area contributed by atoms with Crippen molar-refractivity contribution in [2.75, 3.05) is 0 Å². The molecule has 4 heterocycles. The number of rotatable bonds is 3. The third-order valence-electron chi connectivity index (χ3n) is 11.2. The summed E-state index contributed by atoms with van der Waals surface area (Å²) in [5.41, 5.74) is 7.85. The van der Waals surface area contributed by atoms with Crippen LogP contribution in [-0.2, 0) is 0 Å². The van der Waals surface area contributed by atoms with Crippen LogP contribution in [0.15, 0.2) is 176 Å². The van der Waals surface area contributed by atoms with Gasteiger partial charge in [0.15, 0.2) is 0 Å². The maximum atomic E-state index is 5.44. The number of hydrogen-bond acceptors (Lipinski definition) is 3. The lowest BCUT2D eigenvalue weighted by Gasteiger charge is -2.16. The van der Waals surface area contributed by atoms with Crippen molar-refractivity contribution < 1.29 is 0 Å². The van der Waals surface area contributed by atoms with E-state index in [2.05, 4.69) is 173 Å². The lowest BCUT2D eigenvalue weighted by atomic mass is 9.89. The van der Waals surface area contributed by atoms with Gasteiger partial charge in [-0.15, -0.1) is 11.3 Å². The predicted octanol–water partition coefficient (Wildman–Crippen LogP) is 13.9. The summed E-state index contributed by atoms with van der Waals surface area (Å²) >= 11 is 1.89. The highest BCUT2D eigenvalue weighted by molar-refractivity contribution is 7.27. The Labute approximate surface area is 314 Å². The average molecular weight is 704 g/mol. The Morgan fingerprint density at radius 3 is 1.87 bits per heavy atom. The van der Waals surface area contributed by atoms with E-state index in [1.54, 1.807) is 0 Å². The molecule has 4 heteroatoms. The van der Waals surface area contributed by atoms with E-state index in [4.69, 9.17) is 4.98 Å². The summed E-state index contributed by atoms with van der Waals surface area (Å²) in [5.74, 6) is 0.880. The first-order chi connectivity index (χ1) is 26.8. The van der Waals surface area contributed by atoms with Crippen LogP contribution in [0.5, 0.6) is 0 Å². The fourth-order valence-electron chi connectivity index (χ4n) is 8.98. The summed E-state index contributed by atoms with van der Waals surface area (Å²) in [6.07, 6.45) is 3.78. The van der Waals surface area contributed by atoms with Gasteiger partial charge in [-0.05, 0) is 74.1 Å². The standard InChI is InChI=1S/C50H29N3S/c1-2-13-30(14-3-1)31-15-12-16-32(27-31)40-28-44(52-41-29-51-26-25-35(40)41)53-42-23-10-8-21-38(42)47-45-36-19-6-4-17-33(36)34-18-5-7-20-37(34)46(45)48-39-22-9-11-24-43(39)54-50(48)49(47)53/h1-29H. The second-order valence-electron chi connectivity index (χ2n) is 14.1. The smallest absolute Gasteiger partial charge is 0.139 e. The first kappa shape index (κ1) is 29.7. The molecule has 0 aliphatic rings. The number of fused-ring (bicyclic) bond motifs is 16. The molecule has 0 atom stereocenters. The third kappa shape index (κ3) is 4.11. The fourth-order valence-corrected chi connectivity index (χ4v) is 10.2. The number of benzene rings is 8. The third-order valence-corrected chi connectivity index (χ3v) is 12.4. The Morgan fingerprint density at radius 1 is 0.444 bits per heavy atom. The van der Waals surface area contributed by atoms with E-state index < -0.39 is 0 Å². The molecule has 0 aliphatic heterocycles. The predicted molar refractivity (Wildman–Crippen MR) is 230 cm³/mol. The molecule has 0 fully saturated rings. The summed E-state index contributed by atoms with van der Waals surface area (Å²) in [7, 11) is 0. The second-order valence-corrected chi connectivity index (χ2v) is 15.1. The number of thiophene rings is 1. The van der Waals surface area contributed by atoms with E-state index in [1.807, 2.05) is 23.7 Å². The number of hydrogen-bond donors (Lipinski definition) is 0. The van der Waals surface area contributed by atoms with Crippen molar-refractivity contribution >= 4 is 96.5 Å². The van der Waals surface area contributed by atoms with Gasteiger partial charge in [-0.1, -0.05) is 133 Å². The van der Waals surface area contributed by atoms with Gasteiger partial charge in [0.2, 0.25) is 0 Å². The maximum Gasteiger partial charge on any atom is 0.139 e. The Hall–Kier alpha value is -6.88. The zero-order valence-electron chi connectivity index (χ0n) is 29.0. The van der Waals surface area contributed by atoms with Crippen LogP contribution >= 0.6 is 11.3 Å².